The van der Waals surface area contributed by atoms with E-state index in [1.54, 1.807) is 6.20 Å². The largest absolute Gasteiger partial charge is 0.357 e. The van der Waals surface area contributed by atoms with Crippen LogP contribution in [0.2, 0.25) is 0 Å². The van der Waals surface area contributed by atoms with E-state index in [1.807, 2.05) is 12.1 Å². The highest BCUT2D eigenvalue weighted by Crippen LogP contribution is 2.27. The van der Waals surface area contributed by atoms with Crippen LogP contribution in [-0.2, 0) is 4.79 Å². The van der Waals surface area contributed by atoms with E-state index in [0.29, 0.717) is 6.42 Å². The number of nitrogens with one attached hydrogen (secondary N) is 1. The Morgan fingerprint density at radius 2 is 1.92 bits per heavy atom. The molecule has 0 aromatic carbocycles. The first-order valence-corrected chi connectivity index (χ1v) is 9.71. The highest BCUT2D eigenvalue weighted by molar-refractivity contribution is 5.90. The minimum Gasteiger partial charge on any atom is -0.357 e. The summed E-state index contributed by atoms with van der Waals surface area (Å²) in [5.41, 5.74) is 0.817. The minimum atomic E-state index is 0.127. The van der Waals surface area contributed by atoms with E-state index < -0.39 is 0 Å². The quantitative estimate of drug-likeness (QED) is 0.857. The molecule has 1 saturated carbocycles. The third kappa shape index (κ3) is 4.96. The topological polar surface area (TPSA) is 45.2 Å². The SMILES string of the molecule is CC1CCN(c2ccc(NC(=O)CCC3CCCCC3)cn2)CC1. The highest BCUT2D eigenvalue weighted by atomic mass is 16.1. The van der Waals surface area contributed by atoms with Crippen LogP contribution in [0.1, 0.15) is 64.7 Å². The summed E-state index contributed by atoms with van der Waals surface area (Å²) in [5, 5.41) is 3.00. The number of hydrogen-bond acceptors (Lipinski definition) is 3. The first-order valence-electron chi connectivity index (χ1n) is 9.71. The van der Waals surface area contributed by atoms with E-state index in [4.69, 9.17) is 0 Å². The molecule has 1 aliphatic heterocycles. The number of carbonyl (C=O) groups is 1. The summed E-state index contributed by atoms with van der Waals surface area (Å²) in [5.74, 6) is 2.74. The van der Waals surface area contributed by atoms with Crippen molar-refractivity contribution in [2.75, 3.05) is 23.3 Å². The number of amides is 1. The minimum absolute atomic E-state index is 0.127. The van der Waals surface area contributed by atoms with Crippen LogP contribution >= 0.6 is 0 Å². The molecular weight excluding hydrogens is 298 g/mol. The zero-order valence-corrected chi connectivity index (χ0v) is 15.0. The van der Waals surface area contributed by atoms with Gasteiger partial charge in [-0.3, -0.25) is 4.79 Å². The summed E-state index contributed by atoms with van der Waals surface area (Å²) in [4.78, 5) is 19.0. The standard InChI is InChI=1S/C20H31N3O/c1-16-11-13-23(14-12-16)19-9-8-18(15-21-19)22-20(24)10-7-17-5-3-2-4-6-17/h8-9,15-17H,2-7,10-14H2,1H3,(H,22,24). The summed E-state index contributed by atoms with van der Waals surface area (Å²) in [6, 6.07) is 4.02. The molecule has 0 bridgehead atoms. The molecule has 1 amide bonds. The molecule has 2 aliphatic rings. The lowest BCUT2D eigenvalue weighted by atomic mass is 9.86. The number of piperidine rings is 1. The Hall–Kier alpha value is -1.58. The van der Waals surface area contributed by atoms with Gasteiger partial charge in [0.15, 0.2) is 0 Å². The molecule has 1 N–H and O–H groups in total. The van der Waals surface area contributed by atoms with Crippen molar-refractivity contribution >= 4 is 17.4 Å². The van der Waals surface area contributed by atoms with Crippen molar-refractivity contribution in [3.63, 3.8) is 0 Å². The number of hydrogen-bond donors (Lipinski definition) is 1. The Kier molecular flexibility index (Phi) is 6.11. The smallest absolute Gasteiger partial charge is 0.224 e. The van der Waals surface area contributed by atoms with Gasteiger partial charge in [-0.25, -0.2) is 4.98 Å². The summed E-state index contributed by atoms with van der Waals surface area (Å²) in [6.07, 6.45) is 12.6. The van der Waals surface area contributed by atoms with Crippen molar-refractivity contribution in [3.8, 4) is 0 Å². The molecule has 1 aliphatic carbocycles. The van der Waals surface area contributed by atoms with Crippen LogP contribution in [0.3, 0.4) is 0 Å². The molecule has 0 radical (unpaired) electrons. The lowest BCUT2D eigenvalue weighted by Gasteiger charge is -2.31. The van der Waals surface area contributed by atoms with Gasteiger partial charge in [-0.15, -0.1) is 0 Å². The van der Waals surface area contributed by atoms with Crippen LogP contribution in [0, 0.1) is 11.8 Å². The van der Waals surface area contributed by atoms with Crippen LogP contribution in [0.5, 0.6) is 0 Å². The van der Waals surface area contributed by atoms with Crippen LogP contribution < -0.4 is 10.2 Å². The van der Waals surface area contributed by atoms with Crippen LogP contribution in [0.25, 0.3) is 0 Å². The van der Waals surface area contributed by atoms with E-state index in [1.165, 1.54) is 44.9 Å². The monoisotopic (exact) mass is 329 g/mol. The van der Waals surface area contributed by atoms with Gasteiger partial charge in [-0.2, -0.15) is 0 Å². The summed E-state index contributed by atoms with van der Waals surface area (Å²) >= 11 is 0. The van der Waals surface area contributed by atoms with Crippen LogP contribution in [-0.4, -0.2) is 24.0 Å². The lowest BCUT2D eigenvalue weighted by Crippen LogP contribution is -2.33. The van der Waals surface area contributed by atoms with E-state index >= 15 is 0 Å². The maximum Gasteiger partial charge on any atom is 0.224 e. The molecule has 132 valence electrons. The Balaban J connectivity index is 1.44. The third-order valence-corrected chi connectivity index (χ3v) is 5.64. The van der Waals surface area contributed by atoms with Gasteiger partial charge in [-0.1, -0.05) is 39.0 Å². The molecule has 1 aromatic heterocycles. The lowest BCUT2D eigenvalue weighted by molar-refractivity contribution is -0.116. The molecule has 2 heterocycles. The normalized spacial score (nSPS) is 20.1. The van der Waals surface area contributed by atoms with E-state index in [9.17, 15) is 4.79 Å². The third-order valence-electron chi connectivity index (χ3n) is 5.64. The number of carbonyl (C=O) groups excluding carboxylic acids is 1. The summed E-state index contributed by atoms with van der Waals surface area (Å²) < 4.78 is 0. The summed E-state index contributed by atoms with van der Waals surface area (Å²) in [7, 11) is 0. The molecule has 24 heavy (non-hydrogen) atoms. The van der Waals surface area contributed by atoms with Crippen LogP contribution in [0.4, 0.5) is 11.5 Å². The van der Waals surface area contributed by atoms with Crippen molar-refractivity contribution < 1.29 is 4.79 Å². The Bertz CT molecular complexity index is 514. The second-order valence-electron chi connectivity index (χ2n) is 7.67. The molecule has 1 saturated heterocycles. The number of rotatable bonds is 5. The molecular formula is C20H31N3O. The van der Waals surface area contributed by atoms with Crippen molar-refractivity contribution in [1.82, 2.24) is 4.98 Å². The molecule has 4 heteroatoms. The highest BCUT2D eigenvalue weighted by Gasteiger charge is 2.17. The van der Waals surface area contributed by atoms with E-state index in [0.717, 1.165) is 42.9 Å². The number of nitrogens with zero attached hydrogens (tertiary/aromatic N) is 2. The Morgan fingerprint density at radius 1 is 1.17 bits per heavy atom. The predicted octanol–water partition coefficient (Wildman–Crippen LogP) is 4.62. The molecule has 0 unspecified atom stereocenters. The van der Waals surface area contributed by atoms with Gasteiger partial charge >= 0.3 is 0 Å². The molecule has 0 spiro atoms. The van der Waals surface area contributed by atoms with Crippen molar-refractivity contribution in [2.24, 2.45) is 11.8 Å². The fourth-order valence-electron chi connectivity index (χ4n) is 3.92. The van der Waals surface area contributed by atoms with Gasteiger partial charge in [0.2, 0.25) is 5.91 Å². The first kappa shape index (κ1) is 17.2. The second-order valence-corrected chi connectivity index (χ2v) is 7.67. The number of anilines is 2. The number of pyridine rings is 1. The molecule has 4 nitrogen and oxygen atoms in total. The maximum atomic E-state index is 12.1. The van der Waals surface area contributed by atoms with Gasteiger partial charge in [0, 0.05) is 19.5 Å². The van der Waals surface area contributed by atoms with Crippen molar-refractivity contribution in [2.45, 2.75) is 64.7 Å². The maximum absolute atomic E-state index is 12.1. The van der Waals surface area contributed by atoms with E-state index in [2.05, 4.69) is 22.1 Å². The average molecular weight is 329 g/mol. The van der Waals surface area contributed by atoms with Gasteiger partial charge < -0.3 is 10.2 Å². The Morgan fingerprint density at radius 3 is 2.58 bits per heavy atom. The zero-order valence-electron chi connectivity index (χ0n) is 15.0. The molecule has 1 aromatic rings. The fourth-order valence-corrected chi connectivity index (χ4v) is 3.92. The molecule has 0 atom stereocenters. The average Bonchev–Trinajstić information content (AvgIpc) is 2.62. The fraction of sp³-hybridized carbons (Fsp3) is 0.700. The van der Waals surface area contributed by atoms with Gasteiger partial charge in [-0.05, 0) is 43.2 Å². The van der Waals surface area contributed by atoms with Crippen molar-refractivity contribution in [1.29, 1.82) is 0 Å². The van der Waals surface area contributed by atoms with Gasteiger partial charge in [0.05, 0.1) is 11.9 Å². The second kappa shape index (κ2) is 8.50. The van der Waals surface area contributed by atoms with Crippen LogP contribution in [0.15, 0.2) is 18.3 Å². The zero-order chi connectivity index (χ0) is 16.8. The van der Waals surface area contributed by atoms with Gasteiger partial charge in [0.1, 0.15) is 5.82 Å². The number of aromatic nitrogens is 1. The molecule has 3 rings (SSSR count). The van der Waals surface area contributed by atoms with E-state index in [-0.39, 0.29) is 5.91 Å². The molecule has 2 fully saturated rings. The van der Waals surface area contributed by atoms with Gasteiger partial charge in [0.25, 0.3) is 0 Å². The Labute approximate surface area is 146 Å². The first-order chi connectivity index (χ1) is 11.7. The van der Waals surface area contributed by atoms with Crippen molar-refractivity contribution in [3.05, 3.63) is 18.3 Å². The summed E-state index contributed by atoms with van der Waals surface area (Å²) in [6.45, 7) is 4.49. The predicted molar refractivity (Wildman–Crippen MR) is 99.3 cm³/mol.